The molecule has 0 aromatic heterocycles. The number of likely N-dealkylation sites (tertiary alicyclic amines) is 1. The van der Waals surface area contributed by atoms with Gasteiger partial charge in [-0.2, -0.15) is 0 Å². The van der Waals surface area contributed by atoms with E-state index in [0.29, 0.717) is 25.2 Å². The number of carbonyl (C=O) groups is 2. The average molecular weight is 386 g/mol. The Morgan fingerprint density at radius 3 is 2.42 bits per heavy atom. The molecule has 1 fully saturated rings. The van der Waals surface area contributed by atoms with E-state index < -0.39 is 0 Å². The highest BCUT2D eigenvalue weighted by Crippen LogP contribution is 2.21. The molecule has 1 saturated heterocycles. The van der Waals surface area contributed by atoms with Crippen molar-refractivity contribution in [1.82, 2.24) is 10.2 Å². The molecule has 1 heterocycles. The second kappa shape index (κ2) is 9.88. The van der Waals surface area contributed by atoms with E-state index in [2.05, 4.69) is 5.32 Å². The van der Waals surface area contributed by atoms with Crippen LogP contribution in [0.15, 0.2) is 24.3 Å². The summed E-state index contributed by atoms with van der Waals surface area (Å²) in [5, 5.41) is 3.10. The van der Waals surface area contributed by atoms with Gasteiger partial charge in [0.25, 0.3) is 5.91 Å². The fourth-order valence-corrected chi connectivity index (χ4v) is 3.28. The first-order chi connectivity index (χ1) is 11.9. The molecule has 2 rings (SSSR count). The lowest BCUT2D eigenvalue weighted by Crippen LogP contribution is -2.56. The van der Waals surface area contributed by atoms with Crippen molar-refractivity contribution >= 4 is 24.2 Å². The van der Waals surface area contributed by atoms with Crippen molar-refractivity contribution in [2.75, 3.05) is 19.6 Å². The smallest absolute Gasteiger partial charge is 0.253 e. The van der Waals surface area contributed by atoms with Gasteiger partial charge in [0.1, 0.15) is 5.82 Å². The fraction of sp³-hybridized carbons (Fsp3) is 0.579. The topological polar surface area (TPSA) is 75.4 Å². The van der Waals surface area contributed by atoms with Gasteiger partial charge in [0.15, 0.2) is 0 Å². The van der Waals surface area contributed by atoms with Gasteiger partial charge < -0.3 is 16.0 Å². The number of hydrogen-bond acceptors (Lipinski definition) is 3. The normalized spacial score (nSPS) is 17.4. The van der Waals surface area contributed by atoms with Crippen LogP contribution in [0.4, 0.5) is 4.39 Å². The maximum Gasteiger partial charge on any atom is 0.253 e. The Kier molecular flexibility index (Phi) is 8.50. The zero-order valence-corrected chi connectivity index (χ0v) is 16.3. The van der Waals surface area contributed by atoms with Crippen molar-refractivity contribution in [3.05, 3.63) is 35.6 Å². The van der Waals surface area contributed by atoms with Crippen LogP contribution in [0.1, 0.15) is 49.9 Å². The van der Waals surface area contributed by atoms with Gasteiger partial charge in [-0.1, -0.05) is 13.8 Å². The predicted octanol–water partition coefficient (Wildman–Crippen LogP) is 2.73. The third kappa shape index (κ3) is 5.17. The van der Waals surface area contributed by atoms with Crippen LogP contribution in [-0.2, 0) is 4.79 Å². The summed E-state index contributed by atoms with van der Waals surface area (Å²) in [6, 6.07) is 5.52. The minimum Gasteiger partial charge on any atom is -0.349 e. The van der Waals surface area contributed by atoms with Crippen LogP contribution in [-0.4, -0.2) is 41.9 Å². The predicted molar refractivity (Wildman–Crippen MR) is 103 cm³/mol. The number of carbonyl (C=O) groups excluding carboxylic acids is 2. The first-order valence-electron chi connectivity index (χ1n) is 9.01. The molecule has 26 heavy (non-hydrogen) atoms. The molecule has 1 aliphatic rings. The van der Waals surface area contributed by atoms with Gasteiger partial charge in [-0.15, -0.1) is 12.4 Å². The molecule has 0 aliphatic carbocycles. The summed E-state index contributed by atoms with van der Waals surface area (Å²) in [7, 11) is 0. The first-order valence-corrected chi connectivity index (χ1v) is 9.01. The molecule has 1 aromatic carbocycles. The monoisotopic (exact) mass is 385 g/mol. The highest BCUT2D eigenvalue weighted by molar-refractivity contribution is 5.94. The van der Waals surface area contributed by atoms with Crippen LogP contribution >= 0.6 is 12.4 Å². The molecule has 0 saturated carbocycles. The molecule has 0 spiro atoms. The Bertz CT molecular complexity index is 597. The van der Waals surface area contributed by atoms with Gasteiger partial charge in [0.2, 0.25) is 5.91 Å². The van der Waals surface area contributed by atoms with E-state index in [1.165, 1.54) is 24.3 Å². The highest BCUT2D eigenvalue weighted by atomic mass is 35.5. The van der Waals surface area contributed by atoms with Gasteiger partial charge in [0.05, 0.1) is 11.5 Å². The van der Waals surface area contributed by atoms with Gasteiger partial charge in [-0.3, -0.25) is 9.59 Å². The number of hydrogen-bond donors (Lipinski definition) is 2. The zero-order chi connectivity index (χ0) is 18.4. The van der Waals surface area contributed by atoms with E-state index >= 15 is 0 Å². The van der Waals surface area contributed by atoms with E-state index in [-0.39, 0.29) is 41.5 Å². The molecular formula is C19H29ClFN3O2. The standard InChI is InChI=1S/C19H28FN3O2.ClH/c1-3-19(4-2,13-21)22-17(24)15-6-5-11-23(12-15)18(25)14-7-9-16(20)10-8-14;/h7-10,15H,3-6,11-13,21H2,1-2H3,(H,22,24);1H. The van der Waals surface area contributed by atoms with Crippen LogP contribution in [0.5, 0.6) is 0 Å². The number of nitrogens with two attached hydrogens (primary N) is 1. The summed E-state index contributed by atoms with van der Waals surface area (Å²) in [5.74, 6) is -0.800. The SMILES string of the molecule is CCC(CC)(CN)NC(=O)C1CCCN(C(=O)c2ccc(F)cc2)C1.Cl. The van der Waals surface area contributed by atoms with E-state index in [1.54, 1.807) is 4.90 Å². The van der Waals surface area contributed by atoms with Crippen molar-refractivity contribution in [1.29, 1.82) is 0 Å². The average Bonchev–Trinajstić information content (AvgIpc) is 2.66. The van der Waals surface area contributed by atoms with E-state index in [4.69, 9.17) is 5.73 Å². The Labute approximate surface area is 160 Å². The lowest BCUT2D eigenvalue weighted by Gasteiger charge is -2.36. The van der Waals surface area contributed by atoms with E-state index in [0.717, 1.165) is 25.7 Å². The van der Waals surface area contributed by atoms with Crippen molar-refractivity contribution in [3.8, 4) is 0 Å². The minimum absolute atomic E-state index is 0. The van der Waals surface area contributed by atoms with Crippen LogP contribution in [0.3, 0.4) is 0 Å². The molecule has 5 nitrogen and oxygen atoms in total. The summed E-state index contributed by atoms with van der Waals surface area (Å²) in [6.07, 6.45) is 3.08. The summed E-state index contributed by atoms with van der Waals surface area (Å²) < 4.78 is 13.0. The highest BCUT2D eigenvalue weighted by Gasteiger charge is 2.33. The molecule has 1 aliphatic heterocycles. The molecule has 0 bridgehead atoms. The molecule has 0 radical (unpaired) electrons. The summed E-state index contributed by atoms with van der Waals surface area (Å²) in [4.78, 5) is 27.0. The van der Waals surface area contributed by atoms with Crippen LogP contribution in [0, 0.1) is 11.7 Å². The summed E-state index contributed by atoms with van der Waals surface area (Å²) >= 11 is 0. The minimum atomic E-state index is -0.375. The van der Waals surface area contributed by atoms with E-state index in [1.807, 2.05) is 13.8 Å². The van der Waals surface area contributed by atoms with Crippen LogP contribution in [0.2, 0.25) is 0 Å². The third-order valence-corrected chi connectivity index (χ3v) is 5.30. The summed E-state index contributed by atoms with van der Waals surface area (Å²) in [5.41, 5.74) is 5.93. The molecule has 1 unspecified atom stereocenters. The Morgan fingerprint density at radius 1 is 1.27 bits per heavy atom. The summed E-state index contributed by atoms with van der Waals surface area (Å²) in [6.45, 7) is 5.43. The molecule has 1 atom stereocenters. The lowest BCUT2D eigenvalue weighted by molar-refractivity contribution is -0.128. The maximum absolute atomic E-state index is 13.0. The number of halogens is 2. The van der Waals surface area contributed by atoms with Crippen LogP contribution < -0.4 is 11.1 Å². The number of nitrogens with zero attached hydrogens (tertiary/aromatic N) is 1. The van der Waals surface area contributed by atoms with Gasteiger partial charge in [-0.25, -0.2) is 4.39 Å². The van der Waals surface area contributed by atoms with E-state index in [9.17, 15) is 14.0 Å². The van der Waals surface area contributed by atoms with Crippen molar-refractivity contribution in [2.45, 2.75) is 45.1 Å². The van der Waals surface area contributed by atoms with Crippen LogP contribution in [0.25, 0.3) is 0 Å². The van der Waals surface area contributed by atoms with Gasteiger partial charge >= 0.3 is 0 Å². The van der Waals surface area contributed by atoms with Crippen molar-refractivity contribution < 1.29 is 14.0 Å². The fourth-order valence-electron chi connectivity index (χ4n) is 3.28. The van der Waals surface area contributed by atoms with Crippen molar-refractivity contribution in [2.24, 2.45) is 11.7 Å². The molecule has 3 N–H and O–H groups in total. The maximum atomic E-state index is 13.0. The number of benzene rings is 1. The Hall–Kier alpha value is -1.66. The number of rotatable bonds is 6. The van der Waals surface area contributed by atoms with Gasteiger partial charge in [0, 0.05) is 25.2 Å². The molecular weight excluding hydrogens is 357 g/mol. The number of piperidine rings is 1. The van der Waals surface area contributed by atoms with Gasteiger partial charge in [-0.05, 0) is 49.9 Å². The quantitative estimate of drug-likeness (QED) is 0.790. The first kappa shape index (κ1) is 22.4. The Morgan fingerprint density at radius 2 is 1.88 bits per heavy atom. The third-order valence-electron chi connectivity index (χ3n) is 5.30. The second-order valence-corrected chi connectivity index (χ2v) is 6.78. The number of nitrogens with one attached hydrogen (secondary N) is 1. The largest absolute Gasteiger partial charge is 0.349 e. The lowest BCUT2D eigenvalue weighted by atomic mass is 9.90. The molecule has 1 aromatic rings. The van der Waals surface area contributed by atoms with Crippen molar-refractivity contribution in [3.63, 3.8) is 0 Å². The Balaban J connectivity index is 0.00000338. The molecule has 2 amide bonds. The second-order valence-electron chi connectivity index (χ2n) is 6.78. The molecule has 7 heteroatoms. The molecule has 146 valence electrons. The zero-order valence-electron chi connectivity index (χ0n) is 15.5. The number of amides is 2.